The number of sulfone groups is 1. The van der Waals surface area contributed by atoms with Crippen molar-refractivity contribution in [2.75, 3.05) is 47.9 Å². The third kappa shape index (κ3) is 4.61. The van der Waals surface area contributed by atoms with Crippen LogP contribution in [0.4, 0.5) is 11.4 Å². The summed E-state index contributed by atoms with van der Waals surface area (Å²) >= 11 is 1.48. The van der Waals surface area contributed by atoms with Gasteiger partial charge in [0.25, 0.3) is 5.91 Å². The second kappa shape index (κ2) is 8.68. The Morgan fingerprint density at radius 3 is 2.58 bits per heavy atom. The number of piperazine rings is 1. The van der Waals surface area contributed by atoms with Gasteiger partial charge in [-0.05, 0) is 49.2 Å². The molecule has 0 aromatic heterocycles. The number of amides is 1. The summed E-state index contributed by atoms with van der Waals surface area (Å²) in [5, 5.41) is 4.00. The summed E-state index contributed by atoms with van der Waals surface area (Å²) in [6, 6.07) is 13.7. The molecule has 2 aromatic carbocycles. The van der Waals surface area contributed by atoms with Crippen LogP contribution in [-0.2, 0) is 9.84 Å². The Balaban J connectivity index is 1.22. The van der Waals surface area contributed by atoms with Gasteiger partial charge in [-0.25, -0.2) is 8.42 Å². The molecule has 0 bridgehead atoms. The molecule has 1 N–H and O–H groups in total. The molecule has 0 saturated carbocycles. The van der Waals surface area contributed by atoms with Crippen LogP contribution in [0.5, 0.6) is 0 Å². The number of anilines is 2. The fourth-order valence-electron chi connectivity index (χ4n) is 4.68. The van der Waals surface area contributed by atoms with E-state index >= 15 is 0 Å². The molecule has 0 aliphatic carbocycles. The molecule has 2 saturated heterocycles. The van der Waals surface area contributed by atoms with E-state index in [-0.39, 0.29) is 28.7 Å². The van der Waals surface area contributed by atoms with E-state index < -0.39 is 9.84 Å². The minimum absolute atomic E-state index is 0.00403. The fourth-order valence-corrected chi connectivity index (χ4v) is 8.36. The second-order valence-corrected chi connectivity index (χ2v) is 12.3. The maximum absolute atomic E-state index is 13.2. The van der Waals surface area contributed by atoms with Gasteiger partial charge < -0.3 is 15.1 Å². The van der Waals surface area contributed by atoms with Crippen molar-refractivity contribution in [2.45, 2.75) is 25.1 Å². The van der Waals surface area contributed by atoms with Crippen LogP contribution < -0.4 is 10.2 Å². The number of amidine groups is 1. The molecular formula is C24H28N4O3S2. The Bertz CT molecular complexity index is 1220. The van der Waals surface area contributed by atoms with E-state index in [2.05, 4.69) is 47.3 Å². The Labute approximate surface area is 199 Å². The fraction of sp³-hybridized carbons (Fsp3) is 0.417. The van der Waals surface area contributed by atoms with E-state index in [1.807, 2.05) is 29.2 Å². The highest BCUT2D eigenvalue weighted by Gasteiger charge is 2.42. The van der Waals surface area contributed by atoms with Crippen molar-refractivity contribution in [2.24, 2.45) is 4.99 Å². The molecule has 9 heteroatoms. The number of carbonyl (C=O) groups is 1. The lowest BCUT2D eigenvalue weighted by molar-refractivity contribution is 0.0747. The number of nitrogens with zero attached hydrogens (tertiary/aromatic N) is 3. The Morgan fingerprint density at radius 2 is 1.82 bits per heavy atom. The molecule has 5 rings (SSSR count). The average Bonchev–Trinajstić information content (AvgIpc) is 3.28. The number of fused-ring (bicyclic) bond motifs is 1. The highest BCUT2D eigenvalue weighted by Crippen LogP contribution is 2.34. The quantitative estimate of drug-likeness (QED) is 0.722. The van der Waals surface area contributed by atoms with Crippen molar-refractivity contribution < 1.29 is 13.2 Å². The summed E-state index contributed by atoms with van der Waals surface area (Å²) in [5.41, 5.74) is 5.27. The Morgan fingerprint density at radius 1 is 1.06 bits per heavy atom. The maximum atomic E-state index is 13.2. The monoisotopic (exact) mass is 484 g/mol. The van der Waals surface area contributed by atoms with Gasteiger partial charge in [-0.1, -0.05) is 30.0 Å². The first kappa shape index (κ1) is 22.3. The van der Waals surface area contributed by atoms with Gasteiger partial charge in [-0.2, -0.15) is 0 Å². The molecular weight excluding hydrogens is 456 g/mol. The largest absolute Gasteiger partial charge is 0.368 e. The summed E-state index contributed by atoms with van der Waals surface area (Å²) in [6.45, 7) is 7.28. The molecule has 33 heavy (non-hydrogen) atoms. The number of aryl methyl sites for hydroxylation is 1. The highest BCUT2D eigenvalue weighted by atomic mass is 32.2. The summed E-state index contributed by atoms with van der Waals surface area (Å²) in [6.07, 6.45) is 0. The zero-order valence-corrected chi connectivity index (χ0v) is 20.5. The van der Waals surface area contributed by atoms with Crippen LogP contribution in [0.1, 0.15) is 21.5 Å². The molecule has 0 spiro atoms. The first-order valence-corrected chi connectivity index (χ1v) is 13.9. The van der Waals surface area contributed by atoms with E-state index in [0.29, 0.717) is 18.7 Å². The number of hydrogen-bond acceptors (Lipinski definition) is 7. The summed E-state index contributed by atoms with van der Waals surface area (Å²) in [5.74, 6) is 0.342. The SMILES string of the molecule is Cc1cccc(N2CCN(C(=O)c3cccc(NC4=N[C@@H]5CS(=O)(=O)C[C@H]5S4)c3)CC2)c1C. The lowest BCUT2D eigenvalue weighted by Crippen LogP contribution is -2.49. The molecule has 7 nitrogen and oxygen atoms in total. The molecule has 2 aromatic rings. The first-order chi connectivity index (χ1) is 15.8. The van der Waals surface area contributed by atoms with E-state index in [9.17, 15) is 13.2 Å². The van der Waals surface area contributed by atoms with Crippen molar-refractivity contribution in [1.29, 1.82) is 0 Å². The molecule has 3 aliphatic rings. The molecule has 3 heterocycles. The highest BCUT2D eigenvalue weighted by molar-refractivity contribution is 8.15. The zero-order valence-electron chi connectivity index (χ0n) is 18.8. The molecule has 0 unspecified atom stereocenters. The smallest absolute Gasteiger partial charge is 0.254 e. The topological polar surface area (TPSA) is 82.1 Å². The van der Waals surface area contributed by atoms with Gasteiger partial charge >= 0.3 is 0 Å². The van der Waals surface area contributed by atoms with Gasteiger partial charge in [0.2, 0.25) is 0 Å². The molecule has 0 radical (unpaired) electrons. The number of hydrogen-bond donors (Lipinski definition) is 1. The normalized spacial score (nSPS) is 23.9. The summed E-state index contributed by atoms with van der Waals surface area (Å²) in [4.78, 5) is 22.0. The van der Waals surface area contributed by atoms with E-state index in [1.165, 1.54) is 28.6 Å². The third-order valence-electron chi connectivity index (χ3n) is 6.66. The molecule has 2 atom stereocenters. The van der Waals surface area contributed by atoms with Gasteiger partial charge in [0.05, 0.1) is 17.5 Å². The lowest BCUT2D eigenvalue weighted by atomic mass is 10.1. The standard InChI is InChI=1S/C24H28N4O3S2/c1-16-5-3-8-21(17(16)2)27-9-11-28(12-10-27)23(29)18-6-4-7-19(13-18)25-24-26-20-14-33(30,31)15-22(20)32-24/h3-8,13,20,22H,9-12,14-15H2,1-2H3,(H,25,26)/t20-,22-/m1/s1. The Hall–Kier alpha value is -2.52. The molecule has 2 fully saturated rings. The predicted octanol–water partition coefficient (Wildman–Crippen LogP) is 2.95. The van der Waals surface area contributed by atoms with Crippen molar-refractivity contribution in [3.63, 3.8) is 0 Å². The van der Waals surface area contributed by atoms with Gasteiger partial charge in [-0.15, -0.1) is 0 Å². The van der Waals surface area contributed by atoms with Crippen molar-refractivity contribution in [3.8, 4) is 0 Å². The number of rotatable bonds is 3. The minimum atomic E-state index is -2.97. The van der Waals surface area contributed by atoms with Crippen LogP contribution in [-0.4, -0.2) is 73.4 Å². The average molecular weight is 485 g/mol. The number of nitrogens with one attached hydrogen (secondary N) is 1. The minimum Gasteiger partial charge on any atom is -0.368 e. The van der Waals surface area contributed by atoms with Gasteiger partial charge in [0.1, 0.15) is 0 Å². The van der Waals surface area contributed by atoms with Crippen LogP contribution >= 0.6 is 11.8 Å². The van der Waals surface area contributed by atoms with Crippen LogP contribution in [0.2, 0.25) is 0 Å². The lowest BCUT2D eigenvalue weighted by Gasteiger charge is -2.37. The van der Waals surface area contributed by atoms with Crippen LogP contribution in [0.3, 0.4) is 0 Å². The maximum Gasteiger partial charge on any atom is 0.254 e. The van der Waals surface area contributed by atoms with Crippen molar-refractivity contribution in [3.05, 3.63) is 59.2 Å². The van der Waals surface area contributed by atoms with Crippen LogP contribution in [0.15, 0.2) is 47.5 Å². The number of carbonyl (C=O) groups excluding carboxylic acids is 1. The summed E-state index contributed by atoms with van der Waals surface area (Å²) < 4.78 is 23.5. The van der Waals surface area contributed by atoms with E-state index in [4.69, 9.17) is 0 Å². The van der Waals surface area contributed by atoms with Gasteiger partial charge in [-0.3, -0.25) is 9.79 Å². The number of aliphatic imine (C=N–C) groups is 1. The molecule has 1 amide bonds. The van der Waals surface area contributed by atoms with Gasteiger partial charge in [0.15, 0.2) is 15.0 Å². The summed E-state index contributed by atoms with van der Waals surface area (Å²) in [7, 11) is -2.97. The van der Waals surface area contributed by atoms with Crippen molar-refractivity contribution in [1.82, 2.24) is 4.90 Å². The van der Waals surface area contributed by atoms with E-state index in [0.717, 1.165) is 23.9 Å². The first-order valence-electron chi connectivity index (χ1n) is 11.2. The zero-order chi connectivity index (χ0) is 23.2. The van der Waals surface area contributed by atoms with Gasteiger partial charge in [0, 0.05) is 48.4 Å². The second-order valence-electron chi connectivity index (χ2n) is 8.94. The predicted molar refractivity (Wildman–Crippen MR) is 135 cm³/mol. The number of thioether (sulfide) groups is 1. The van der Waals surface area contributed by atoms with Crippen molar-refractivity contribution >= 4 is 44.0 Å². The molecule has 174 valence electrons. The van der Waals surface area contributed by atoms with E-state index in [1.54, 1.807) is 0 Å². The molecule has 3 aliphatic heterocycles. The number of benzene rings is 2. The van der Waals surface area contributed by atoms with Crippen LogP contribution in [0, 0.1) is 13.8 Å². The Kier molecular flexibility index (Phi) is 5.86. The van der Waals surface area contributed by atoms with Crippen LogP contribution in [0.25, 0.3) is 0 Å². The third-order valence-corrected chi connectivity index (χ3v) is 9.80.